The molecule has 1 heterocycles. The third kappa shape index (κ3) is 6.84. The van der Waals surface area contributed by atoms with Gasteiger partial charge in [-0.15, -0.1) is 0 Å². The SMILES string of the molecule is C[C@H](NC(=O)[C@@H](O)c1cc(F)cc(F)c1)C(=O)NN1C(=O)C(CCCCc2ccccc2)c2ccccc2-c2ccccc21. The minimum Gasteiger partial charge on any atom is -0.378 e. The van der Waals surface area contributed by atoms with Crippen molar-refractivity contribution >= 4 is 23.4 Å². The highest BCUT2D eigenvalue weighted by Crippen LogP contribution is 2.42. The number of para-hydroxylation sites is 1. The predicted octanol–water partition coefficient (Wildman–Crippen LogP) is 5.74. The Hall–Kier alpha value is -4.89. The van der Waals surface area contributed by atoms with Crippen LogP contribution >= 0.6 is 0 Å². The first-order valence-corrected chi connectivity index (χ1v) is 14.5. The van der Waals surface area contributed by atoms with Gasteiger partial charge >= 0.3 is 0 Å². The Morgan fingerprint density at radius 2 is 1.48 bits per heavy atom. The molecule has 0 aromatic heterocycles. The highest BCUT2D eigenvalue weighted by molar-refractivity contribution is 6.07. The third-order valence-corrected chi connectivity index (χ3v) is 7.76. The lowest BCUT2D eigenvalue weighted by Gasteiger charge is -2.28. The van der Waals surface area contributed by atoms with Crippen molar-refractivity contribution in [1.82, 2.24) is 10.7 Å². The summed E-state index contributed by atoms with van der Waals surface area (Å²) in [4.78, 5) is 40.2. The lowest BCUT2D eigenvalue weighted by Crippen LogP contribution is -2.54. The Morgan fingerprint density at radius 1 is 0.841 bits per heavy atom. The first kappa shape index (κ1) is 30.6. The van der Waals surface area contributed by atoms with Gasteiger partial charge in [0.1, 0.15) is 17.7 Å². The zero-order chi connectivity index (χ0) is 31.2. The second-order valence-electron chi connectivity index (χ2n) is 10.9. The number of nitrogens with zero attached hydrogens (tertiary/aromatic N) is 1. The van der Waals surface area contributed by atoms with Crippen LogP contribution in [0, 0.1) is 11.6 Å². The van der Waals surface area contributed by atoms with Crippen LogP contribution in [-0.4, -0.2) is 28.9 Å². The number of carbonyl (C=O) groups is 3. The van der Waals surface area contributed by atoms with E-state index >= 15 is 0 Å². The van der Waals surface area contributed by atoms with Crippen LogP contribution in [0.1, 0.15) is 54.9 Å². The maximum atomic E-state index is 14.2. The number of anilines is 1. The topological polar surface area (TPSA) is 98.7 Å². The minimum atomic E-state index is -1.91. The van der Waals surface area contributed by atoms with Crippen LogP contribution < -0.4 is 15.8 Å². The molecule has 0 bridgehead atoms. The summed E-state index contributed by atoms with van der Waals surface area (Å²) in [7, 11) is 0. The molecule has 0 saturated carbocycles. The quantitative estimate of drug-likeness (QED) is 0.203. The molecule has 1 aliphatic heterocycles. The van der Waals surface area contributed by atoms with Gasteiger partial charge in [-0.1, -0.05) is 79.2 Å². The molecule has 0 saturated heterocycles. The molecular weight excluding hydrogens is 564 g/mol. The Kier molecular flexibility index (Phi) is 9.45. The maximum absolute atomic E-state index is 14.2. The molecule has 3 N–H and O–H groups in total. The van der Waals surface area contributed by atoms with E-state index in [0.717, 1.165) is 48.1 Å². The van der Waals surface area contributed by atoms with Gasteiger partial charge in [0, 0.05) is 11.6 Å². The molecule has 1 aliphatic rings. The largest absolute Gasteiger partial charge is 0.378 e. The number of halogens is 2. The van der Waals surface area contributed by atoms with Crippen molar-refractivity contribution < 1.29 is 28.3 Å². The van der Waals surface area contributed by atoms with Gasteiger partial charge in [0.15, 0.2) is 6.10 Å². The van der Waals surface area contributed by atoms with E-state index in [9.17, 15) is 28.3 Å². The summed E-state index contributed by atoms with van der Waals surface area (Å²) in [6, 6.07) is 26.2. The van der Waals surface area contributed by atoms with Crippen molar-refractivity contribution in [3.63, 3.8) is 0 Å². The first-order chi connectivity index (χ1) is 21.2. The van der Waals surface area contributed by atoms with Crippen molar-refractivity contribution in [2.45, 2.75) is 50.7 Å². The molecule has 7 nitrogen and oxygen atoms in total. The summed E-state index contributed by atoms with van der Waals surface area (Å²) in [6.07, 6.45) is 1.20. The van der Waals surface area contributed by atoms with Gasteiger partial charge in [0.25, 0.3) is 17.7 Å². The number of aryl methyl sites for hydroxylation is 1. The van der Waals surface area contributed by atoms with Crippen molar-refractivity contribution in [2.24, 2.45) is 0 Å². The summed E-state index contributed by atoms with van der Waals surface area (Å²) in [5.74, 6) is -4.50. The van der Waals surface area contributed by atoms with Crippen molar-refractivity contribution in [2.75, 3.05) is 5.01 Å². The molecule has 44 heavy (non-hydrogen) atoms. The molecule has 1 unspecified atom stereocenters. The fourth-order valence-electron chi connectivity index (χ4n) is 5.52. The van der Waals surface area contributed by atoms with Crippen molar-refractivity contribution in [1.29, 1.82) is 0 Å². The van der Waals surface area contributed by atoms with Gasteiger partial charge in [0.05, 0.1) is 11.6 Å². The summed E-state index contributed by atoms with van der Waals surface area (Å²) in [5, 5.41) is 14.0. The van der Waals surface area contributed by atoms with Crippen LogP contribution in [0.25, 0.3) is 11.1 Å². The number of fused-ring (bicyclic) bond motifs is 3. The summed E-state index contributed by atoms with van der Waals surface area (Å²) in [6.45, 7) is 1.39. The van der Waals surface area contributed by atoms with E-state index in [2.05, 4.69) is 22.9 Å². The summed E-state index contributed by atoms with van der Waals surface area (Å²) >= 11 is 0. The molecule has 226 valence electrons. The van der Waals surface area contributed by atoms with Gasteiger partial charge < -0.3 is 10.4 Å². The summed E-state index contributed by atoms with van der Waals surface area (Å²) < 4.78 is 27.2. The fourth-order valence-corrected chi connectivity index (χ4v) is 5.52. The Labute approximate surface area is 254 Å². The van der Waals surface area contributed by atoms with E-state index in [1.807, 2.05) is 54.6 Å². The number of hydrogen-bond acceptors (Lipinski definition) is 4. The number of nitrogens with one attached hydrogen (secondary N) is 2. The van der Waals surface area contributed by atoms with Crippen LogP contribution in [0.4, 0.5) is 14.5 Å². The Morgan fingerprint density at radius 3 is 2.20 bits per heavy atom. The monoisotopic (exact) mass is 597 g/mol. The lowest BCUT2D eigenvalue weighted by atomic mass is 9.87. The van der Waals surface area contributed by atoms with Crippen molar-refractivity contribution in [3.05, 3.63) is 125 Å². The number of amides is 3. The van der Waals surface area contributed by atoms with Crippen LogP contribution in [-0.2, 0) is 20.8 Å². The lowest BCUT2D eigenvalue weighted by molar-refractivity contribution is -0.134. The molecule has 3 atom stereocenters. The zero-order valence-corrected chi connectivity index (χ0v) is 24.2. The molecule has 0 spiro atoms. The average Bonchev–Trinajstić information content (AvgIpc) is 3.11. The first-order valence-electron chi connectivity index (χ1n) is 14.5. The number of benzene rings is 4. The number of rotatable bonds is 10. The smallest absolute Gasteiger partial charge is 0.261 e. The van der Waals surface area contributed by atoms with Crippen LogP contribution in [0.3, 0.4) is 0 Å². The van der Waals surface area contributed by atoms with Crippen molar-refractivity contribution in [3.8, 4) is 11.1 Å². The molecule has 4 aromatic carbocycles. The number of hydrogen-bond donors (Lipinski definition) is 3. The molecule has 0 radical (unpaired) electrons. The fraction of sp³-hybridized carbons (Fsp3) is 0.229. The third-order valence-electron chi connectivity index (χ3n) is 7.76. The van der Waals surface area contributed by atoms with Gasteiger partial charge in [-0.2, -0.15) is 0 Å². The van der Waals surface area contributed by atoms with E-state index in [4.69, 9.17) is 0 Å². The number of aliphatic hydroxyl groups is 1. The summed E-state index contributed by atoms with van der Waals surface area (Å²) in [5.41, 5.74) is 6.63. The normalized spacial score (nSPS) is 15.4. The standard InChI is InChI=1S/C35H33F2N3O4/c1-22(38-34(43)32(41)24-19-25(36)21-26(37)20-24)33(42)39-40-31-18-10-9-16-29(31)27-14-7-8-15-28(27)30(35(40)44)17-6-5-13-23-11-3-2-4-12-23/h2-4,7-12,14-16,18-22,30,32,41H,5-6,13,17H2,1H3,(H,38,43)(H,39,42)/t22-,30?,32-/m0/s1. The highest BCUT2D eigenvalue weighted by Gasteiger charge is 2.35. The van der Waals surface area contributed by atoms with Gasteiger partial charge in [-0.05, 0) is 66.6 Å². The van der Waals surface area contributed by atoms with Crippen LogP contribution in [0.5, 0.6) is 0 Å². The maximum Gasteiger partial charge on any atom is 0.261 e. The van der Waals surface area contributed by atoms with E-state index in [1.165, 1.54) is 17.5 Å². The second kappa shape index (κ2) is 13.6. The molecule has 5 rings (SSSR count). The number of hydrazine groups is 1. The van der Waals surface area contributed by atoms with E-state index in [1.54, 1.807) is 12.1 Å². The zero-order valence-electron chi connectivity index (χ0n) is 24.2. The second-order valence-corrected chi connectivity index (χ2v) is 10.9. The number of unbranched alkanes of at least 4 members (excludes halogenated alkanes) is 1. The predicted molar refractivity (Wildman–Crippen MR) is 163 cm³/mol. The van der Waals surface area contributed by atoms with Crippen LogP contribution in [0.2, 0.25) is 0 Å². The number of aliphatic hydroxyl groups excluding tert-OH is 1. The molecular formula is C35H33F2N3O4. The molecule has 0 aliphatic carbocycles. The molecule has 0 fully saturated rings. The van der Waals surface area contributed by atoms with E-state index in [-0.39, 0.29) is 11.5 Å². The van der Waals surface area contributed by atoms with E-state index in [0.29, 0.717) is 18.2 Å². The van der Waals surface area contributed by atoms with Gasteiger partial charge in [0.2, 0.25) is 0 Å². The average molecular weight is 598 g/mol. The van der Waals surface area contributed by atoms with Crippen LogP contribution in [0.15, 0.2) is 97.1 Å². The molecule has 9 heteroatoms. The minimum absolute atomic E-state index is 0.294. The van der Waals surface area contributed by atoms with Gasteiger partial charge in [-0.25, -0.2) is 13.8 Å². The Balaban J connectivity index is 1.34. The van der Waals surface area contributed by atoms with Gasteiger partial charge in [-0.3, -0.25) is 19.8 Å². The molecule has 3 amide bonds. The Bertz CT molecular complexity index is 1640. The van der Waals surface area contributed by atoms with E-state index < -0.39 is 41.5 Å². The number of carbonyl (C=O) groups excluding carboxylic acids is 3. The molecule has 4 aromatic rings. The highest BCUT2D eigenvalue weighted by atomic mass is 19.1.